The molecule has 0 amide bonds. The fourth-order valence-electron chi connectivity index (χ4n) is 3.72. The number of esters is 1. The first-order valence-electron chi connectivity index (χ1n) is 11.6. The topological polar surface area (TPSA) is 56.5 Å². The van der Waals surface area contributed by atoms with Crippen molar-refractivity contribution in [3.05, 3.63) is 82.3 Å². The van der Waals surface area contributed by atoms with Gasteiger partial charge in [-0.05, 0) is 83.4 Å². The van der Waals surface area contributed by atoms with Gasteiger partial charge in [0.25, 0.3) is 0 Å². The van der Waals surface area contributed by atoms with E-state index in [9.17, 15) is 9.59 Å². The number of hydrogen-bond donors (Lipinski definition) is 0. The highest BCUT2D eigenvalue weighted by Crippen LogP contribution is 2.20. The smallest absolute Gasteiger partial charge is 0.339 e. The van der Waals surface area contributed by atoms with Crippen LogP contribution in [0.5, 0.6) is 0 Å². The monoisotopic (exact) mass is 436 g/mol. The maximum Gasteiger partial charge on any atom is 0.339 e. The molecule has 1 unspecified atom stereocenters. The summed E-state index contributed by atoms with van der Waals surface area (Å²) in [5, 5.41) is 0.867. The Morgan fingerprint density at radius 2 is 2.03 bits per heavy atom. The highest BCUT2D eigenvalue weighted by atomic mass is 16.5. The van der Waals surface area contributed by atoms with Gasteiger partial charge in [-0.15, -0.1) is 6.58 Å². The summed E-state index contributed by atoms with van der Waals surface area (Å²) in [6.45, 7) is 9.91. The number of carbonyl (C=O) groups is 1. The third-order valence-electron chi connectivity index (χ3n) is 5.55. The van der Waals surface area contributed by atoms with Crippen LogP contribution in [-0.2, 0) is 16.0 Å². The summed E-state index contributed by atoms with van der Waals surface area (Å²) in [5.74, 6) is -0.610. The minimum Gasteiger partial charge on any atom is -0.466 e. The maximum absolute atomic E-state index is 12.5. The average Bonchev–Trinajstić information content (AvgIpc) is 2.77. The van der Waals surface area contributed by atoms with Crippen molar-refractivity contribution >= 4 is 16.9 Å². The molecule has 0 aliphatic heterocycles. The molecule has 4 heteroatoms. The predicted octanol–water partition coefficient (Wildman–Crippen LogP) is 6.85. The van der Waals surface area contributed by atoms with Crippen LogP contribution in [0.15, 0.2) is 69.9 Å². The SMILES string of the molecule is C=CCCCC(/C=C\CCCC(Cc1cc2ccc(C)cc2oc1=O)C(=O)OCC)=C/C. The molecule has 1 aromatic carbocycles. The highest BCUT2D eigenvalue weighted by molar-refractivity contribution is 5.78. The van der Waals surface area contributed by atoms with E-state index >= 15 is 0 Å². The van der Waals surface area contributed by atoms with Crippen LogP contribution in [0.3, 0.4) is 0 Å². The third-order valence-corrected chi connectivity index (χ3v) is 5.55. The molecule has 172 valence electrons. The van der Waals surface area contributed by atoms with Crippen molar-refractivity contribution in [2.45, 2.75) is 65.7 Å². The third kappa shape index (κ3) is 7.99. The quantitative estimate of drug-likeness (QED) is 0.113. The molecule has 0 N–H and O–H groups in total. The van der Waals surface area contributed by atoms with E-state index in [-0.39, 0.29) is 17.5 Å². The lowest BCUT2D eigenvalue weighted by Gasteiger charge is -2.15. The fourth-order valence-corrected chi connectivity index (χ4v) is 3.72. The van der Waals surface area contributed by atoms with Crippen LogP contribution in [0.4, 0.5) is 0 Å². The first-order chi connectivity index (χ1) is 15.5. The lowest BCUT2D eigenvalue weighted by molar-refractivity contribution is -0.148. The van der Waals surface area contributed by atoms with Gasteiger partial charge in [0.2, 0.25) is 0 Å². The van der Waals surface area contributed by atoms with Crippen LogP contribution < -0.4 is 5.63 Å². The molecule has 32 heavy (non-hydrogen) atoms. The largest absolute Gasteiger partial charge is 0.466 e. The van der Waals surface area contributed by atoms with Gasteiger partial charge in [0.05, 0.1) is 12.5 Å². The normalized spacial score (nSPS) is 12.9. The van der Waals surface area contributed by atoms with E-state index in [1.807, 2.05) is 37.3 Å². The summed E-state index contributed by atoms with van der Waals surface area (Å²) in [6.07, 6.45) is 14.3. The molecule has 2 aromatic rings. The van der Waals surface area contributed by atoms with Gasteiger partial charge in [-0.2, -0.15) is 0 Å². The van der Waals surface area contributed by atoms with E-state index in [0.29, 0.717) is 30.6 Å². The molecule has 0 aliphatic carbocycles. The number of ether oxygens (including phenoxy) is 1. The van der Waals surface area contributed by atoms with E-state index in [2.05, 4.69) is 31.7 Å². The van der Waals surface area contributed by atoms with E-state index in [4.69, 9.17) is 9.15 Å². The Hall–Kier alpha value is -2.88. The second kappa shape index (κ2) is 13.5. The van der Waals surface area contributed by atoms with Gasteiger partial charge in [0.1, 0.15) is 5.58 Å². The molecular weight excluding hydrogens is 400 g/mol. The minimum absolute atomic E-state index is 0.251. The summed E-state index contributed by atoms with van der Waals surface area (Å²) >= 11 is 0. The molecule has 1 heterocycles. The first kappa shape index (κ1) is 25.4. The standard InChI is InChI=1S/C28H36O4/c1-5-8-10-13-22(6-2)14-11-9-12-15-24(27(29)31-7-3)20-25-19-23-17-16-21(4)18-26(23)32-28(25)30/h5-6,11,14,16-19,24H,1,7-10,12-13,15,20H2,2-4H3/b14-11-,22-6-. The number of rotatable bonds is 13. The van der Waals surface area contributed by atoms with Crippen molar-refractivity contribution in [3.8, 4) is 0 Å². The zero-order valence-electron chi connectivity index (χ0n) is 19.7. The van der Waals surface area contributed by atoms with Crippen molar-refractivity contribution in [1.82, 2.24) is 0 Å². The number of allylic oxidation sites excluding steroid dienone is 5. The Morgan fingerprint density at radius 1 is 1.22 bits per heavy atom. The van der Waals surface area contributed by atoms with Gasteiger partial charge >= 0.3 is 11.6 Å². The Kier molecular flexibility index (Phi) is 10.7. The highest BCUT2D eigenvalue weighted by Gasteiger charge is 2.22. The molecule has 0 bridgehead atoms. The first-order valence-corrected chi connectivity index (χ1v) is 11.6. The van der Waals surface area contributed by atoms with E-state index in [1.54, 1.807) is 6.92 Å². The van der Waals surface area contributed by atoms with Crippen LogP contribution in [-0.4, -0.2) is 12.6 Å². The summed E-state index contributed by atoms with van der Waals surface area (Å²) in [4.78, 5) is 25.1. The van der Waals surface area contributed by atoms with Crippen LogP contribution in [0.1, 0.15) is 63.5 Å². The van der Waals surface area contributed by atoms with Crippen molar-refractivity contribution in [2.75, 3.05) is 6.61 Å². The van der Waals surface area contributed by atoms with Gasteiger partial charge in [-0.3, -0.25) is 4.79 Å². The molecule has 0 spiro atoms. The zero-order chi connectivity index (χ0) is 23.3. The Balaban J connectivity index is 2.02. The fraction of sp³-hybridized carbons (Fsp3) is 0.429. The second-order valence-electron chi connectivity index (χ2n) is 8.13. The number of aryl methyl sites for hydroxylation is 1. The number of hydrogen-bond acceptors (Lipinski definition) is 4. The van der Waals surface area contributed by atoms with Gasteiger partial charge in [0.15, 0.2) is 0 Å². The summed E-state index contributed by atoms with van der Waals surface area (Å²) in [6, 6.07) is 7.62. The van der Waals surface area contributed by atoms with Crippen molar-refractivity contribution in [3.63, 3.8) is 0 Å². The minimum atomic E-state index is -0.380. The Bertz CT molecular complexity index is 1010. The van der Waals surface area contributed by atoms with Gasteiger partial charge < -0.3 is 9.15 Å². The molecule has 0 saturated heterocycles. The van der Waals surface area contributed by atoms with E-state index < -0.39 is 0 Å². The Morgan fingerprint density at radius 3 is 2.75 bits per heavy atom. The zero-order valence-corrected chi connectivity index (χ0v) is 19.7. The number of fused-ring (bicyclic) bond motifs is 1. The Labute approximate surface area is 191 Å². The number of unbranched alkanes of at least 4 members (excludes halogenated alkanes) is 2. The lowest BCUT2D eigenvalue weighted by Crippen LogP contribution is -2.23. The van der Waals surface area contributed by atoms with E-state index in [0.717, 1.165) is 43.1 Å². The molecule has 1 aromatic heterocycles. The second-order valence-corrected chi connectivity index (χ2v) is 8.13. The van der Waals surface area contributed by atoms with E-state index in [1.165, 1.54) is 5.57 Å². The number of benzene rings is 1. The van der Waals surface area contributed by atoms with Gasteiger partial charge in [0, 0.05) is 10.9 Å². The van der Waals surface area contributed by atoms with Crippen LogP contribution in [0.2, 0.25) is 0 Å². The molecule has 0 radical (unpaired) electrons. The molecule has 2 rings (SSSR count). The van der Waals surface area contributed by atoms with Crippen molar-refractivity contribution < 1.29 is 13.9 Å². The van der Waals surface area contributed by atoms with Crippen molar-refractivity contribution in [2.24, 2.45) is 5.92 Å². The molecule has 0 saturated carbocycles. The molecular formula is C28H36O4. The summed E-state index contributed by atoms with van der Waals surface area (Å²) in [7, 11) is 0. The molecule has 1 atom stereocenters. The van der Waals surface area contributed by atoms with Crippen LogP contribution >= 0.6 is 0 Å². The van der Waals surface area contributed by atoms with Crippen molar-refractivity contribution in [1.29, 1.82) is 0 Å². The number of carbonyl (C=O) groups excluding carboxylic acids is 1. The van der Waals surface area contributed by atoms with Crippen LogP contribution in [0.25, 0.3) is 11.0 Å². The predicted molar refractivity (Wildman–Crippen MR) is 132 cm³/mol. The molecule has 0 aliphatic rings. The van der Waals surface area contributed by atoms with Gasteiger partial charge in [-0.25, -0.2) is 4.79 Å². The molecule has 0 fully saturated rings. The summed E-state index contributed by atoms with van der Waals surface area (Å²) < 4.78 is 10.8. The lowest BCUT2D eigenvalue weighted by atomic mass is 9.94. The summed E-state index contributed by atoms with van der Waals surface area (Å²) in [5.41, 5.74) is 3.07. The van der Waals surface area contributed by atoms with Gasteiger partial charge in [-0.1, -0.05) is 42.0 Å². The molecule has 4 nitrogen and oxygen atoms in total. The van der Waals surface area contributed by atoms with Crippen LogP contribution in [0, 0.1) is 12.8 Å². The maximum atomic E-state index is 12.5. The average molecular weight is 437 g/mol.